The predicted molar refractivity (Wildman–Crippen MR) is 246 cm³/mol. The molecule has 6 aliphatic carbocycles. The van der Waals surface area contributed by atoms with Gasteiger partial charge < -0.3 is 49.7 Å². The van der Waals surface area contributed by atoms with Gasteiger partial charge in [0.15, 0.2) is 5.60 Å². The van der Waals surface area contributed by atoms with Crippen LogP contribution in [-0.2, 0) is 57.2 Å². The first kappa shape index (κ1) is 52.1. The van der Waals surface area contributed by atoms with Gasteiger partial charge in [-0.25, -0.2) is 4.79 Å². The Morgan fingerprint density at radius 2 is 1.43 bits per heavy atom. The van der Waals surface area contributed by atoms with Gasteiger partial charge >= 0.3 is 23.9 Å². The number of hydrogen-bond donors (Lipinski definition) is 4. The molecule has 0 radical (unpaired) electrons. The number of Topliss-reactive ketones (excluding diaryl/α,β-unsaturated/α-hetero) is 1. The molecule has 7 aliphatic rings. The second-order valence-electron chi connectivity index (χ2n) is 22.4. The van der Waals surface area contributed by atoms with E-state index in [0.29, 0.717) is 56.0 Å². The molecule has 2 bridgehead atoms. The van der Waals surface area contributed by atoms with E-state index in [2.05, 4.69) is 5.32 Å². The van der Waals surface area contributed by atoms with Crippen LogP contribution in [0.5, 0.6) is 0 Å². The molecule has 380 valence electrons. The van der Waals surface area contributed by atoms with Gasteiger partial charge in [0.1, 0.15) is 36.4 Å². The molecule has 16 heteroatoms. The Morgan fingerprint density at radius 1 is 0.824 bits per heavy atom. The van der Waals surface area contributed by atoms with Crippen LogP contribution >= 0.6 is 0 Å². The molecular formula is C52H78N2O14. The largest absolute Gasteiger partial charge is 0.458 e. The molecule has 0 spiro atoms. The van der Waals surface area contributed by atoms with Gasteiger partial charge in [0.2, 0.25) is 12.0 Å². The van der Waals surface area contributed by atoms with Crippen molar-refractivity contribution in [2.75, 3.05) is 6.61 Å². The Bertz CT molecular complexity index is 1950. The Labute approximate surface area is 401 Å². The molecule has 1 heterocycles. The first-order valence-electron chi connectivity index (χ1n) is 25.7. The number of fused-ring (bicyclic) bond motifs is 5. The summed E-state index contributed by atoms with van der Waals surface area (Å²) in [7, 11) is 0. The highest BCUT2D eigenvalue weighted by Crippen LogP contribution is 2.67. The fraction of sp³-hybridized carbons (Fsp3) is 0.827. The zero-order valence-corrected chi connectivity index (χ0v) is 41.2. The Kier molecular flexibility index (Phi) is 16.0. The van der Waals surface area contributed by atoms with Crippen LogP contribution in [0.15, 0.2) is 11.1 Å². The fourth-order valence-corrected chi connectivity index (χ4v) is 14.3. The van der Waals surface area contributed by atoms with Gasteiger partial charge in [-0.05, 0) is 68.9 Å². The van der Waals surface area contributed by atoms with Crippen LogP contribution in [0.25, 0.3) is 0 Å². The highest BCUT2D eigenvalue weighted by Gasteiger charge is 2.75. The molecule has 0 aromatic rings. The van der Waals surface area contributed by atoms with Crippen molar-refractivity contribution in [2.24, 2.45) is 46.2 Å². The lowest BCUT2D eigenvalue weighted by Gasteiger charge is -2.69. The summed E-state index contributed by atoms with van der Waals surface area (Å²) in [6, 6.07) is -2.41. The zero-order chi connectivity index (χ0) is 49.3. The lowest BCUT2D eigenvalue weighted by atomic mass is 9.42. The monoisotopic (exact) mass is 955 g/mol. The van der Waals surface area contributed by atoms with Crippen molar-refractivity contribution in [3.05, 3.63) is 11.1 Å². The van der Waals surface area contributed by atoms with Crippen LogP contribution in [0.3, 0.4) is 0 Å². The molecule has 68 heavy (non-hydrogen) atoms. The van der Waals surface area contributed by atoms with Gasteiger partial charge in [0, 0.05) is 74.0 Å². The van der Waals surface area contributed by atoms with Crippen LogP contribution in [-0.4, -0.2) is 112 Å². The van der Waals surface area contributed by atoms with Crippen LogP contribution in [0.4, 0.5) is 0 Å². The number of nitrogens with one attached hydrogen (secondary N) is 1. The van der Waals surface area contributed by atoms with Gasteiger partial charge in [-0.3, -0.25) is 24.0 Å². The van der Waals surface area contributed by atoms with Gasteiger partial charge in [-0.1, -0.05) is 78.6 Å². The number of aliphatic hydroxyl groups excluding tert-OH is 1. The van der Waals surface area contributed by atoms with E-state index in [1.54, 1.807) is 6.92 Å². The number of esters is 4. The number of nitrogens with two attached hydrogens (primary N) is 1. The maximum absolute atomic E-state index is 15.3. The van der Waals surface area contributed by atoms with E-state index in [4.69, 9.17) is 29.4 Å². The first-order chi connectivity index (χ1) is 32.2. The van der Waals surface area contributed by atoms with Crippen molar-refractivity contribution < 1.29 is 67.5 Å². The van der Waals surface area contributed by atoms with E-state index in [1.165, 1.54) is 13.8 Å². The van der Waals surface area contributed by atoms with E-state index in [0.717, 1.165) is 57.8 Å². The lowest BCUT2D eigenvalue weighted by molar-refractivity contribution is -0.348. The molecule has 1 saturated heterocycles. The number of amides is 1. The van der Waals surface area contributed by atoms with Gasteiger partial charge in [-0.2, -0.15) is 0 Å². The average Bonchev–Trinajstić information content (AvgIpc) is 3.29. The first-order valence-corrected chi connectivity index (χ1v) is 25.7. The summed E-state index contributed by atoms with van der Waals surface area (Å²) in [6.45, 7) is 9.76. The van der Waals surface area contributed by atoms with Crippen molar-refractivity contribution in [2.45, 2.75) is 224 Å². The highest BCUT2D eigenvalue weighted by molar-refractivity contribution is 5.86. The Balaban J connectivity index is 1.37. The van der Waals surface area contributed by atoms with Gasteiger partial charge in [0.25, 0.3) is 0 Å². The summed E-state index contributed by atoms with van der Waals surface area (Å²) < 4.78 is 31.2. The number of rotatable bonds is 15. The third-order valence-electron chi connectivity index (χ3n) is 17.9. The summed E-state index contributed by atoms with van der Waals surface area (Å²) in [6.07, 6.45) is 6.04. The summed E-state index contributed by atoms with van der Waals surface area (Å²) in [5.74, 6) is -6.35. The maximum atomic E-state index is 15.3. The van der Waals surface area contributed by atoms with Crippen molar-refractivity contribution >= 4 is 41.9 Å². The standard InChI is InChI=1S/C52H78N2O14/c1-29-38(66-48(62)44(67-47(61)36(53)22-23-55)43(33-18-12-8-13-19-33)54-46(60)34-20-14-9-15-21-34)27-52(63)35(24-37(58)32-16-10-7-11-17-32)45-50(6,26-39(65-30(2)56)42(29)49(52,4)5)40(59)25-41-51(45,28-64-41)68-31(3)57/h23,32-36,38-41,43-45,59,63H,7-22,24-28,53H2,1-6H3,(H,54,60)/t35?,36?,38?,39?,40?,41?,43?,44?,45?,50-,51+,52?/m1/s1. The summed E-state index contributed by atoms with van der Waals surface area (Å²) >= 11 is 0. The molecule has 12 atom stereocenters. The summed E-state index contributed by atoms with van der Waals surface area (Å²) in [5.41, 5.74) is 1.13. The third kappa shape index (κ3) is 9.95. The molecule has 5 N–H and O–H groups in total. The number of carbonyl (C=O) groups excluding carboxylic acids is 7. The highest BCUT2D eigenvalue weighted by atomic mass is 16.6. The smallest absolute Gasteiger partial charge is 0.350 e. The lowest BCUT2D eigenvalue weighted by Crippen LogP contribution is -2.78. The Hall–Kier alpha value is -3.73. The van der Waals surface area contributed by atoms with Crippen LogP contribution in [0, 0.1) is 40.4 Å². The number of ether oxygens (including phenoxy) is 5. The van der Waals surface area contributed by atoms with E-state index in [1.807, 2.05) is 20.8 Å². The SMILES string of the molecule is CC(=O)OC1C[C@]2(C)C(O)CC3OC[C@@]3(OC(C)=O)C2C(CC(=O)C2CCCCC2)C2(O)CC(OC(=O)C(OC(=O)C(N)CC=O)C(NC(=O)C3CCCCC3)C3CCCCC3)C(C)=C1C2(C)C. The van der Waals surface area contributed by atoms with Crippen molar-refractivity contribution in [1.29, 1.82) is 0 Å². The molecule has 16 nitrogen and oxygen atoms in total. The molecule has 6 fully saturated rings. The average molecular weight is 955 g/mol. The summed E-state index contributed by atoms with van der Waals surface area (Å²) in [5, 5.41) is 29.6. The van der Waals surface area contributed by atoms with E-state index in [9.17, 15) is 39.0 Å². The molecule has 1 amide bonds. The molecule has 0 aromatic heterocycles. The van der Waals surface area contributed by atoms with Crippen LogP contribution < -0.4 is 11.1 Å². The minimum absolute atomic E-state index is 0.000920. The number of carbonyl (C=O) groups is 7. The second-order valence-corrected chi connectivity index (χ2v) is 22.4. The molecular weight excluding hydrogens is 877 g/mol. The topological polar surface area (TPSA) is 244 Å². The minimum Gasteiger partial charge on any atom is -0.458 e. The molecule has 7 rings (SSSR count). The molecule has 5 saturated carbocycles. The Morgan fingerprint density at radius 3 is 1.99 bits per heavy atom. The fourth-order valence-electron chi connectivity index (χ4n) is 14.3. The van der Waals surface area contributed by atoms with E-state index < -0.39 is 100 Å². The van der Waals surface area contributed by atoms with E-state index >= 15 is 4.79 Å². The minimum atomic E-state index is -1.98. The normalized spacial score (nSPS) is 35.5. The quantitative estimate of drug-likeness (QED) is 0.0693. The number of hydrogen-bond acceptors (Lipinski definition) is 15. The van der Waals surface area contributed by atoms with Crippen molar-refractivity contribution in [3.8, 4) is 0 Å². The molecule has 0 aromatic carbocycles. The number of aldehydes is 1. The maximum Gasteiger partial charge on any atom is 0.350 e. The third-order valence-corrected chi connectivity index (χ3v) is 17.9. The summed E-state index contributed by atoms with van der Waals surface area (Å²) in [4.78, 5) is 95.8. The number of ketones is 1. The van der Waals surface area contributed by atoms with Gasteiger partial charge in [-0.15, -0.1) is 0 Å². The molecule has 10 unspecified atom stereocenters. The van der Waals surface area contributed by atoms with Crippen LogP contribution in [0.2, 0.25) is 0 Å². The van der Waals surface area contributed by atoms with Gasteiger partial charge in [0.05, 0.1) is 24.4 Å². The second kappa shape index (κ2) is 20.9. The molecule has 1 aliphatic heterocycles. The van der Waals surface area contributed by atoms with Crippen molar-refractivity contribution in [3.63, 3.8) is 0 Å². The number of aliphatic hydroxyl groups is 2. The predicted octanol–water partition coefficient (Wildman–Crippen LogP) is 5.43. The zero-order valence-electron chi connectivity index (χ0n) is 41.2. The van der Waals surface area contributed by atoms with E-state index in [-0.39, 0.29) is 68.2 Å². The van der Waals surface area contributed by atoms with Crippen molar-refractivity contribution in [1.82, 2.24) is 5.32 Å². The van der Waals surface area contributed by atoms with Crippen LogP contribution in [0.1, 0.15) is 170 Å².